The molecule has 0 aromatic heterocycles. The fourth-order valence-electron chi connectivity index (χ4n) is 3.30. The minimum Gasteiger partial charge on any atom is -0.496 e. The highest BCUT2D eigenvalue weighted by atomic mass is 16.5. The maximum absolute atomic E-state index is 12.6. The van der Waals surface area contributed by atoms with Crippen LogP contribution in [0.5, 0.6) is 5.75 Å². The van der Waals surface area contributed by atoms with E-state index >= 15 is 0 Å². The topological polar surface area (TPSA) is 58.6 Å². The van der Waals surface area contributed by atoms with Crippen molar-refractivity contribution in [2.45, 2.75) is 32.2 Å². The molecule has 0 spiro atoms. The second-order valence-electron chi connectivity index (χ2n) is 6.59. The number of amides is 2. The van der Waals surface area contributed by atoms with Gasteiger partial charge in [-0.05, 0) is 49.6 Å². The molecule has 2 aromatic rings. The Morgan fingerprint density at radius 1 is 1.23 bits per heavy atom. The molecule has 3 rings (SSSR count). The minimum atomic E-state index is -0.138. The lowest BCUT2D eigenvalue weighted by molar-refractivity contribution is -0.117. The molecule has 1 aliphatic heterocycles. The van der Waals surface area contributed by atoms with E-state index in [-0.39, 0.29) is 17.9 Å². The first kappa shape index (κ1) is 18.0. The summed E-state index contributed by atoms with van der Waals surface area (Å²) < 4.78 is 5.37. The third-order valence-corrected chi connectivity index (χ3v) is 4.59. The van der Waals surface area contributed by atoms with Gasteiger partial charge in [-0.1, -0.05) is 24.3 Å². The number of para-hydroxylation sites is 1. The number of methoxy groups -OCH3 is 1. The second kappa shape index (κ2) is 8.04. The van der Waals surface area contributed by atoms with Crippen LogP contribution in [0.2, 0.25) is 0 Å². The summed E-state index contributed by atoms with van der Waals surface area (Å²) in [6.45, 7) is 2.69. The Bertz CT molecular complexity index is 803. The molecular weight excluding hydrogens is 328 g/mol. The van der Waals surface area contributed by atoms with Crippen LogP contribution in [0.25, 0.3) is 0 Å². The van der Waals surface area contributed by atoms with Gasteiger partial charge in [0.1, 0.15) is 5.75 Å². The van der Waals surface area contributed by atoms with Crippen molar-refractivity contribution in [1.29, 1.82) is 0 Å². The first-order valence-electron chi connectivity index (χ1n) is 8.91. The quantitative estimate of drug-likeness (QED) is 0.869. The van der Waals surface area contributed by atoms with E-state index in [0.717, 1.165) is 23.4 Å². The van der Waals surface area contributed by atoms with Crippen LogP contribution in [-0.2, 0) is 11.2 Å². The molecule has 0 aliphatic carbocycles. The van der Waals surface area contributed by atoms with E-state index in [1.807, 2.05) is 43.3 Å². The molecule has 1 fully saturated rings. The fourth-order valence-corrected chi connectivity index (χ4v) is 3.30. The number of carbonyl (C=O) groups excluding carboxylic acids is 2. The highest BCUT2D eigenvalue weighted by molar-refractivity contribution is 5.99. The highest BCUT2D eigenvalue weighted by Crippen LogP contribution is 2.23. The lowest BCUT2D eigenvalue weighted by atomic mass is 10.1. The normalized spacial score (nSPS) is 15.0. The Labute approximate surface area is 154 Å². The van der Waals surface area contributed by atoms with Crippen LogP contribution in [-0.4, -0.2) is 31.5 Å². The molecule has 136 valence electrons. The minimum absolute atomic E-state index is 0.0455. The summed E-state index contributed by atoms with van der Waals surface area (Å²) >= 11 is 0. The molecule has 1 atom stereocenters. The van der Waals surface area contributed by atoms with Crippen LogP contribution in [0.3, 0.4) is 0 Å². The summed E-state index contributed by atoms with van der Waals surface area (Å²) in [6, 6.07) is 15.0. The molecule has 26 heavy (non-hydrogen) atoms. The number of ether oxygens (including phenoxy) is 1. The molecule has 0 saturated carbocycles. The first-order valence-corrected chi connectivity index (χ1v) is 8.91. The van der Waals surface area contributed by atoms with Crippen molar-refractivity contribution in [2.24, 2.45) is 0 Å². The van der Waals surface area contributed by atoms with Gasteiger partial charge in [-0.2, -0.15) is 0 Å². The summed E-state index contributed by atoms with van der Waals surface area (Å²) in [5.41, 5.74) is 2.41. The summed E-state index contributed by atoms with van der Waals surface area (Å²) in [7, 11) is 1.65. The van der Waals surface area contributed by atoms with Crippen molar-refractivity contribution in [2.75, 3.05) is 18.6 Å². The largest absolute Gasteiger partial charge is 0.496 e. The van der Waals surface area contributed by atoms with Crippen LogP contribution in [0.1, 0.15) is 35.7 Å². The SMILES string of the molecule is COc1ccccc1C[C@H](C)NC(=O)c1cccc(N2CCCC2=O)c1. The molecule has 0 bridgehead atoms. The number of nitrogens with zero attached hydrogens (tertiary/aromatic N) is 1. The van der Waals surface area contributed by atoms with Crippen LogP contribution in [0.15, 0.2) is 48.5 Å². The van der Waals surface area contributed by atoms with E-state index in [1.165, 1.54) is 0 Å². The van der Waals surface area contributed by atoms with Gasteiger partial charge in [0.15, 0.2) is 0 Å². The van der Waals surface area contributed by atoms with Gasteiger partial charge >= 0.3 is 0 Å². The zero-order chi connectivity index (χ0) is 18.5. The first-order chi connectivity index (χ1) is 12.6. The van der Waals surface area contributed by atoms with Crippen LogP contribution >= 0.6 is 0 Å². The number of hydrogen-bond acceptors (Lipinski definition) is 3. The number of rotatable bonds is 6. The number of hydrogen-bond donors (Lipinski definition) is 1. The Balaban J connectivity index is 1.67. The van der Waals surface area contributed by atoms with Crippen molar-refractivity contribution in [3.8, 4) is 5.75 Å². The predicted octanol–water partition coefficient (Wildman–Crippen LogP) is 3.18. The van der Waals surface area contributed by atoms with Gasteiger partial charge in [0, 0.05) is 30.3 Å². The number of anilines is 1. The number of carbonyl (C=O) groups is 2. The molecule has 5 nitrogen and oxygen atoms in total. The molecule has 0 unspecified atom stereocenters. The van der Waals surface area contributed by atoms with Crippen LogP contribution in [0.4, 0.5) is 5.69 Å². The highest BCUT2D eigenvalue weighted by Gasteiger charge is 2.22. The third kappa shape index (κ3) is 4.04. The van der Waals surface area contributed by atoms with Gasteiger partial charge in [-0.15, -0.1) is 0 Å². The molecule has 5 heteroatoms. The molecule has 1 saturated heterocycles. The van der Waals surface area contributed by atoms with E-state index in [2.05, 4.69) is 5.32 Å². The second-order valence-corrected chi connectivity index (χ2v) is 6.59. The zero-order valence-corrected chi connectivity index (χ0v) is 15.2. The van der Waals surface area contributed by atoms with E-state index < -0.39 is 0 Å². The zero-order valence-electron chi connectivity index (χ0n) is 15.2. The molecule has 2 amide bonds. The molecule has 0 radical (unpaired) electrons. The van der Waals surface area contributed by atoms with Gasteiger partial charge in [0.05, 0.1) is 7.11 Å². The summed E-state index contributed by atoms with van der Waals surface area (Å²) in [4.78, 5) is 26.3. The Kier molecular flexibility index (Phi) is 5.56. The lowest BCUT2D eigenvalue weighted by Gasteiger charge is -2.18. The van der Waals surface area contributed by atoms with E-state index in [1.54, 1.807) is 24.1 Å². The van der Waals surface area contributed by atoms with Gasteiger partial charge in [-0.25, -0.2) is 0 Å². The molecule has 2 aromatic carbocycles. The predicted molar refractivity (Wildman–Crippen MR) is 102 cm³/mol. The number of benzene rings is 2. The molecular formula is C21H24N2O3. The van der Waals surface area contributed by atoms with Crippen molar-refractivity contribution in [3.05, 3.63) is 59.7 Å². The maximum atomic E-state index is 12.6. The standard InChI is InChI=1S/C21H24N2O3/c1-15(13-16-7-3-4-10-19(16)26-2)22-21(25)17-8-5-9-18(14-17)23-12-6-11-20(23)24/h3-5,7-10,14-15H,6,11-13H2,1-2H3,(H,22,25)/t15-/m0/s1. The average molecular weight is 352 g/mol. The van der Waals surface area contributed by atoms with Gasteiger partial charge in [0.25, 0.3) is 5.91 Å². The molecule has 1 heterocycles. The average Bonchev–Trinajstić information content (AvgIpc) is 3.08. The Morgan fingerprint density at radius 2 is 2.04 bits per heavy atom. The number of nitrogens with one attached hydrogen (secondary N) is 1. The Morgan fingerprint density at radius 3 is 2.77 bits per heavy atom. The van der Waals surface area contributed by atoms with Crippen molar-refractivity contribution in [1.82, 2.24) is 5.32 Å². The lowest BCUT2D eigenvalue weighted by Crippen LogP contribution is -2.34. The molecule has 1 aliphatic rings. The van der Waals surface area contributed by atoms with Crippen LogP contribution < -0.4 is 15.0 Å². The third-order valence-electron chi connectivity index (χ3n) is 4.59. The summed E-state index contributed by atoms with van der Waals surface area (Å²) in [5, 5.41) is 3.03. The van der Waals surface area contributed by atoms with Crippen molar-refractivity contribution in [3.63, 3.8) is 0 Å². The van der Waals surface area contributed by atoms with E-state index in [0.29, 0.717) is 24.9 Å². The van der Waals surface area contributed by atoms with E-state index in [9.17, 15) is 9.59 Å². The van der Waals surface area contributed by atoms with Gasteiger partial charge in [0.2, 0.25) is 5.91 Å². The van der Waals surface area contributed by atoms with Gasteiger partial charge < -0.3 is 15.0 Å². The monoisotopic (exact) mass is 352 g/mol. The summed E-state index contributed by atoms with van der Waals surface area (Å²) in [5.74, 6) is 0.802. The van der Waals surface area contributed by atoms with Crippen molar-refractivity contribution < 1.29 is 14.3 Å². The molecule has 1 N–H and O–H groups in total. The smallest absolute Gasteiger partial charge is 0.251 e. The Hall–Kier alpha value is -2.82. The van der Waals surface area contributed by atoms with E-state index in [4.69, 9.17) is 4.74 Å². The summed E-state index contributed by atoms with van der Waals surface area (Å²) in [6.07, 6.45) is 2.12. The van der Waals surface area contributed by atoms with Crippen LogP contribution in [0, 0.1) is 0 Å². The fraction of sp³-hybridized carbons (Fsp3) is 0.333. The van der Waals surface area contributed by atoms with Gasteiger partial charge in [-0.3, -0.25) is 9.59 Å². The maximum Gasteiger partial charge on any atom is 0.251 e. The van der Waals surface area contributed by atoms with Crippen molar-refractivity contribution >= 4 is 17.5 Å².